The topological polar surface area (TPSA) is 64.2 Å². The number of benzene rings is 1. The number of carbonyl (C=O) groups is 1. The van der Waals surface area contributed by atoms with E-state index in [9.17, 15) is 4.79 Å². The summed E-state index contributed by atoms with van der Waals surface area (Å²) in [5, 5.41) is 9.19. The molecule has 1 amide bonds. The number of furan rings is 1. The SMILES string of the molecule is CN(C)C(=O)CSc1nnc(-c2ccco2)n1Cc1ccccc1. The predicted octanol–water partition coefficient (Wildman–Crippen LogP) is 2.77. The molecule has 0 aliphatic rings. The number of aromatic nitrogens is 3. The number of rotatable bonds is 6. The van der Waals surface area contributed by atoms with Crippen molar-refractivity contribution >= 4 is 17.7 Å². The molecule has 0 aliphatic carbocycles. The van der Waals surface area contributed by atoms with E-state index in [2.05, 4.69) is 10.2 Å². The Hall–Kier alpha value is -2.54. The van der Waals surface area contributed by atoms with Gasteiger partial charge in [0.25, 0.3) is 0 Å². The first kappa shape index (κ1) is 16.3. The van der Waals surface area contributed by atoms with Gasteiger partial charge in [-0.15, -0.1) is 10.2 Å². The van der Waals surface area contributed by atoms with Crippen molar-refractivity contribution in [1.82, 2.24) is 19.7 Å². The zero-order valence-electron chi connectivity index (χ0n) is 13.5. The van der Waals surface area contributed by atoms with Gasteiger partial charge in [0.15, 0.2) is 10.9 Å². The maximum absolute atomic E-state index is 11.9. The van der Waals surface area contributed by atoms with Crippen LogP contribution in [-0.4, -0.2) is 45.4 Å². The van der Waals surface area contributed by atoms with Gasteiger partial charge in [-0.25, -0.2) is 0 Å². The van der Waals surface area contributed by atoms with Gasteiger partial charge in [-0.2, -0.15) is 0 Å². The summed E-state index contributed by atoms with van der Waals surface area (Å²) in [6.45, 7) is 0.613. The molecule has 6 nitrogen and oxygen atoms in total. The van der Waals surface area contributed by atoms with Crippen LogP contribution >= 0.6 is 11.8 Å². The lowest BCUT2D eigenvalue weighted by Gasteiger charge is -2.11. The second-order valence-electron chi connectivity index (χ2n) is 5.43. The summed E-state index contributed by atoms with van der Waals surface area (Å²) in [5.74, 6) is 1.67. The first-order valence-corrected chi connectivity index (χ1v) is 8.47. The Kier molecular flexibility index (Phi) is 5.00. The second-order valence-corrected chi connectivity index (χ2v) is 6.37. The van der Waals surface area contributed by atoms with Crippen LogP contribution in [0.5, 0.6) is 0 Å². The highest BCUT2D eigenvalue weighted by Crippen LogP contribution is 2.25. The highest BCUT2D eigenvalue weighted by Gasteiger charge is 2.18. The fourth-order valence-electron chi connectivity index (χ4n) is 2.15. The molecule has 0 saturated heterocycles. The van der Waals surface area contributed by atoms with Crippen molar-refractivity contribution < 1.29 is 9.21 Å². The Morgan fingerprint density at radius 2 is 1.96 bits per heavy atom. The average Bonchev–Trinajstić information content (AvgIpc) is 3.23. The highest BCUT2D eigenvalue weighted by atomic mass is 32.2. The van der Waals surface area contributed by atoms with Crippen LogP contribution in [0.2, 0.25) is 0 Å². The minimum atomic E-state index is 0.0359. The van der Waals surface area contributed by atoms with Crippen LogP contribution in [0.25, 0.3) is 11.6 Å². The van der Waals surface area contributed by atoms with Gasteiger partial charge < -0.3 is 9.32 Å². The molecule has 0 bridgehead atoms. The number of thioether (sulfide) groups is 1. The van der Waals surface area contributed by atoms with E-state index in [1.54, 1.807) is 25.3 Å². The zero-order valence-corrected chi connectivity index (χ0v) is 14.4. The standard InChI is InChI=1S/C17H18N4O2S/c1-20(2)15(22)12-24-17-19-18-16(14-9-6-10-23-14)21(17)11-13-7-4-3-5-8-13/h3-10H,11-12H2,1-2H3. The van der Waals surface area contributed by atoms with E-state index in [0.29, 0.717) is 29.0 Å². The number of hydrogen-bond donors (Lipinski definition) is 0. The normalized spacial score (nSPS) is 10.8. The van der Waals surface area contributed by atoms with Crippen LogP contribution in [0.3, 0.4) is 0 Å². The summed E-state index contributed by atoms with van der Waals surface area (Å²) in [4.78, 5) is 13.4. The molecule has 24 heavy (non-hydrogen) atoms. The summed E-state index contributed by atoms with van der Waals surface area (Å²) in [7, 11) is 3.48. The molecule has 0 fully saturated rings. The number of carbonyl (C=O) groups excluding carboxylic acids is 1. The molecular weight excluding hydrogens is 324 g/mol. The van der Waals surface area contributed by atoms with E-state index < -0.39 is 0 Å². The first-order valence-electron chi connectivity index (χ1n) is 7.49. The zero-order chi connectivity index (χ0) is 16.9. The highest BCUT2D eigenvalue weighted by molar-refractivity contribution is 7.99. The molecular formula is C17H18N4O2S. The minimum Gasteiger partial charge on any atom is -0.461 e. The van der Waals surface area contributed by atoms with Crippen LogP contribution in [0.1, 0.15) is 5.56 Å². The lowest BCUT2D eigenvalue weighted by atomic mass is 10.2. The lowest BCUT2D eigenvalue weighted by Crippen LogP contribution is -2.23. The molecule has 0 aliphatic heterocycles. The third-order valence-corrected chi connectivity index (χ3v) is 4.42. The summed E-state index contributed by atoms with van der Waals surface area (Å²) in [5.41, 5.74) is 1.13. The van der Waals surface area contributed by atoms with Crippen molar-refractivity contribution in [2.75, 3.05) is 19.8 Å². The fourth-order valence-corrected chi connectivity index (χ4v) is 3.06. The van der Waals surface area contributed by atoms with Crippen LogP contribution < -0.4 is 0 Å². The Balaban J connectivity index is 1.89. The van der Waals surface area contributed by atoms with E-state index >= 15 is 0 Å². The first-order chi connectivity index (χ1) is 11.6. The van der Waals surface area contributed by atoms with Crippen LogP contribution in [-0.2, 0) is 11.3 Å². The maximum atomic E-state index is 11.9. The second kappa shape index (κ2) is 7.35. The maximum Gasteiger partial charge on any atom is 0.232 e. The molecule has 2 aromatic heterocycles. The van der Waals surface area contributed by atoms with Gasteiger partial charge >= 0.3 is 0 Å². The minimum absolute atomic E-state index is 0.0359. The summed E-state index contributed by atoms with van der Waals surface area (Å²) in [6.07, 6.45) is 1.61. The average molecular weight is 342 g/mol. The quantitative estimate of drug-likeness (QED) is 0.645. The van der Waals surface area contributed by atoms with Gasteiger partial charge in [-0.1, -0.05) is 42.1 Å². The van der Waals surface area contributed by atoms with Gasteiger partial charge in [0, 0.05) is 14.1 Å². The van der Waals surface area contributed by atoms with Crippen molar-refractivity contribution in [3.05, 3.63) is 54.3 Å². The molecule has 0 radical (unpaired) electrons. The molecule has 1 aromatic carbocycles. The van der Waals surface area contributed by atoms with Crippen LogP contribution in [0.4, 0.5) is 0 Å². The Bertz CT molecular complexity index is 797. The van der Waals surface area contributed by atoms with E-state index in [-0.39, 0.29) is 5.91 Å². The molecule has 3 aromatic rings. The number of hydrogen-bond acceptors (Lipinski definition) is 5. The van der Waals surface area contributed by atoms with Crippen LogP contribution in [0.15, 0.2) is 58.3 Å². The van der Waals surface area contributed by atoms with Gasteiger partial charge in [-0.3, -0.25) is 9.36 Å². The number of nitrogens with zero attached hydrogens (tertiary/aromatic N) is 4. The summed E-state index contributed by atoms with van der Waals surface area (Å²) in [6, 6.07) is 13.7. The third-order valence-electron chi connectivity index (χ3n) is 3.47. The molecule has 0 saturated carbocycles. The van der Waals surface area contributed by atoms with Gasteiger partial charge in [0.1, 0.15) is 0 Å². The lowest BCUT2D eigenvalue weighted by molar-refractivity contribution is -0.125. The van der Waals surface area contributed by atoms with E-state index in [1.165, 1.54) is 11.8 Å². The van der Waals surface area contributed by atoms with Crippen molar-refractivity contribution in [2.45, 2.75) is 11.7 Å². The predicted molar refractivity (Wildman–Crippen MR) is 92.7 cm³/mol. The molecule has 0 atom stereocenters. The molecule has 7 heteroatoms. The van der Waals surface area contributed by atoms with Gasteiger partial charge in [0.05, 0.1) is 18.6 Å². The van der Waals surface area contributed by atoms with Crippen molar-refractivity contribution in [2.24, 2.45) is 0 Å². The van der Waals surface area contributed by atoms with E-state index in [1.807, 2.05) is 47.0 Å². The fraction of sp³-hybridized carbons (Fsp3) is 0.235. The van der Waals surface area contributed by atoms with Crippen molar-refractivity contribution in [1.29, 1.82) is 0 Å². The monoisotopic (exact) mass is 342 g/mol. The van der Waals surface area contributed by atoms with Gasteiger partial charge in [-0.05, 0) is 17.7 Å². The molecule has 0 unspecified atom stereocenters. The Morgan fingerprint density at radius 3 is 2.62 bits per heavy atom. The Morgan fingerprint density at radius 1 is 1.17 bits per heavy atom. The summed E-state index contributed by atoms with van der Waals surface area (Å²) >= 11 is 1.38. The van der Waals surface area contributed by atoms with E-state index in [0.717, 1.165) is 5.56 Å². The van der Waals surface area contributed by atoms with Crippen molar-refractivity contribution in [3.63, 3.8) is 0 Å². The molecule has 2 heterocycles. The van der Waals surface area contributed by atoms with E-state index in [4.69, 9.17) is 4.42 Å². The molecule has 0 N–H and O–H groups in total. The number of amides is 1. The largest absolute Gasteiger partial charge is 0.461 e. The Labute approximate surface area is 144 Å². The third kappa shape index (κ3) is 3.68. The van der Waals surface area contributed by atoms with Crippen LogP contribution in [0, 0.1) is 0 Å². The van der Waals surface area contributed by atoms with Crippen molar-refractivity contribution in [3.8, 4) is 11.6 Å². The van der Waals surface area contributed by atoms with Gasteiger partial charge in [0.2, 0.25) is 11.7 Å². The summed E-state index contributed by atoms with van der Waals surface area (Å²) < 4.78 is 7.44. The molecule has 3 rings (SSSR count). The molecule has 0 spiro atoms. The smallest absolute Gasteiger partial charge is 0.232 e. The molecule has 124 valence electrons.